The van der Waals surface area contributed by atoms with Crippen molar-refractivity contribution in [2.45, 2.75) is 25.8 Å². The standard InChI is InChI=1S/C24H27N3O3/c1-3-26-14-8-9-17(26)15-25-16-20-18-10-4-5-11-19(18)23(28)27(24(20)29)21-12-6-7-13-22(21)30-2/h4-7,10-13,16-17,29H,3,8-9,14-15H2,1-2H3/t17-/m1/s1. The molecular formula is C24H27N3O3. The van der Waals surface area contributed by atoms with Crippen LogP contribution in [0, 0.1) is 0 Å². The van der Waals surface area contributed by atoms with Crippen molar-refractivity contribution in [3.8, 4) is 17.3 Å². The highest BCUT2D eigenvalue weighted by Gasteiger charge is 2.22. The Kier molecular flexibility index (Phi) is 5.86. The molecule has 4 rings (SSSR count). The molecule has 1 aliphatic heterocycles. The number of likely N-dealkylation sites (N-methyl/N-ethyl adjacent to an activating group) is 1. The molecule has 0 amide bonds. The first-order valence-electron chi connectivity index (χ1n) is 10.4. The van der Waals surface area contributed by atoms with Crippen LogP contribution in [0.2, 0.25) is 0 Å². The lowest BCUT2D eigenvalue weighted by atomic mass is 10.1. The number of fused-ring (bicyclic) bond motifs is 1. The van der Waals surface area contributed by atoms with E-state index in [0.717, 1.165) is 19.5 Å². The summed E-state index contributed by atoms with van der Waals surface area (Å²) in [6.07, 6.45) is 4.04. The summed E-state index contributed by atoms with van der Waals surface area (Å²) in [5.41, 5.74) is 0.741. The molecule has 1 N–H and O–H groups in total. The second kappa shape index (κ2) is 8.71. The molecule has 0 bridgehead atoms. The van der Waals surface area contributed by atoms with Gasteiger partial charge < -0.3 is 9.84 Å². The fourth-order valence-electron chi connectivity index (χ4n) is 4.31. The van der Waals surface area contributed by atoms with Crippen LogP contribution in [0.3, 0.4) is 0 Å². The summed E-state index contributed by atoms with van der Waals surface area (Å²) >= 11 is 0. The van der Waals surface area contributed by atoms with E-state index in [2.05, 4.69) is 16.8 Å². The molecule has 1 atom stereocenters. The summed E-state index contributed by atoms with van der Waals surface area (Å²) in [7, 11) is 1.55. The van der Waals surface area contributed by atoms with Crippen molar-refractivity contribution < 1.29 is 9.84 Å². The number of aliphatic imine (C=N–C) groups is 1. The Morgan fingerprint density at radius 2 is 1.90 bits per heavy atom. The van der Waals surface area contributed by atoms with Gasteiger partial charge >= 0.3 is 0 Å². The number of aromatic nitrogens is 1. The lowest BCUT2D eigenvalue weighted by Crippen LogP contribution is -2.31. The van der Waals surface area contributed by atoms with E-state index < -0.39 is 0 Å². The Balaban J connectivity index is 1.83. The topological polar surface area (TPSA) is 67.1 Å². The number of aromatic hydroxyl groups is 1. The summed E-state index contributed by atoms with van der Waals surface area (Å²) < 4.78 is 6.73. The maximum Gasteiger partial charge on any atom is 0.265 e. The smallest absolute Gasteiger partial charge is 0.265 e. The first-order valence-corrected chi connectivity index (χ1v) is 10.4. The fraction of sp³-hybridized carbons (Fsp3) is 0.333. The molecule has 0 radical (unpaired) electrons. The molecule has 6 heteroatoms. The van der Waals surface area contributed by atoms with E-state index >= 15 is 0 Å². The van der Waals surface area contributed by atoms with Gasteiger partial charge in [-0.3, -0.25) is 14.7 Å². The summed E-state index contributed by atoms with van der Waals surface area (Å²) in [4.78, 5) is 20.3. The Hall–Kier alpha value is -3.12. The average Bonchev–Trinajstić information content (AvgIpc) is 3.24. The lowest BCUT2D eigenvalue weighted by molar-refractivity contribution is 0.273. The van der Waals surface area contributed by atoms with Crippen LogP contribution in [0.15, 0.2) is 58.3 Å². The van der Waals surface area contributed by atoms with Gasteiger partial charge in [0.05, 0.1) is 24.9 Å². The van der Waals surface area contributed by atoms with Crippen LogP contribution in [-0.2, 0) is 0 Å². The minimum atomic E-state index is -0.294. The molecule has 1 saturated heterocycles. The van der Waals surface area contributed by atoms with E-state index in [1.165, 1.54) is 11.0 Å². The maximum atomic E-state index is 13.2. The zero-order valence-electron chi connectivity index (χ0n) is 17.4. The van der Waals surface area contributed by atoms with Gasteiger partial charge in [0.1, 0.15) is 5.75 Å². The summed E-state index contributed by atoms with van der Waals surface area (Å²) in [5, 5.41) is 12.4. The molecule has 1 aromatic heterocycles. The molecule has 156 valence electrons. The van der Waals surface area contributed by atoms with Crippen LogP contribution >= 0.6 is 0 Å². The SMILES string of the molecule is CCN1CCC[C@@H]1CN=Cc1c(O)n(-c2ccccc2OC)c(=O)c2ccccc12. The van der Waals surface area contributed by atoms with Crippen LogP contribution < -0.4 is 10.3 Å². The van der Waals surface area contributed by atoms with Crippen LogP contribution in [0.5, 0.6) is 11.6 Å². The van der Waals surface area contributed by atoms with E-state index in [0.29, 0.717) is 40.4 Å². The number of methoxy groups -OCH3 is 1. The van der Waals surface area contributed by atoms with Gasteiger partial charge in [-0.25, -0.2) is 4.57 Å². The van der Waals surface area contributed by atoms with E-state index in [1.54, 1.807) is 31.5 Å². The van der Waals surface area contributed by atoms with Gasteiger partial charge in [-0.05, 0) is 44.1 Å². The summed E-state index contributed by atoms with van der Waals surface area (Å²) in [6, 6.07) is 14.9. The summed E-state index contributed by atoms with van der Waals surface area (Å²) in [6.45, 7) is 4.98. The maximum absolute atomic E-state index is 13.2. The number of hydrogen-bond donors (Lipinski definition) is 1. The highest BCUT2D eigenvalue weighted by molar-refractivity contribution is 6.01. The molecule has 2 aromatic carbocycles. The van der Waals surface area contributed by atoms with Crippen LogP contribution in [0.1, 0.15) is 25.3 Å². The van der Waals surface area contributed by atoms with Crippen molar-refractivity contribution in [3.63, 3.8) is 0 Å². The van der Waals surface area contributed by atoms with Crippen LogP contribution in [-0.4, -0.2) is 53.6 Å². The third-order valence-electron chi connectivity index (χ3n) is 5.87. The number of benzene rings is 2. The van der Waals surface area contributed by atoms with Crippen molar-refractivity contribution in [2.75, 3.05) is 26.7 Å². The molecule has 0 spiro atoms. The van der Waals surface area contributed by atoms with Gasteiger partial charge in [-0.15, -0.1) is 0 Å². The van der Waals surface area contributed by atoms with E-state index in [9.17, 15) is 9.90 Å². The second-order valence-electron chi connectivity index (χ2n) is 7.51. The highest BCUT2D eigenvalue weighted by atomic mass is 16.5. The molecule has 0 unspecified atom stereocenters. The monoisotopic (exact) mass is 405 g/mol. The molecule has 6 nitrogen and oxygen atoms in total. The summed E-state index contributed by atoms with van der Waals surface area (Å²) in [5.74, 6) is 0.378. The van der Waals surface area contributed by atoms with Crippen molar-refractivity contribution in [1.29, 1.82) is 0 Å². The minimum absolute atomic E-state index is 0.134. The normalized spacial score (nSPS) is 17.2. The predicted molar refractivity (Wildman–Crippen MR) is 120 cm³/mol. The molecule has 3 aromatic rings. The molecule has 2 heterocycles. The minimum Gasteiger partial charge on any atom is -0.495 e. The van der Waals surface area contributed by atoms with Crippen LogP contribution in [0.4, 0.5) is 0 Å². The molecular weight excluding hydrogens is 378 g/mol. The zero-order valence-corrected chi connectivity index (χ0v) is 17.4. The van der Waals surface area contributed by atoms with Crippen molar-refractivity contribution in [2.24, 2.45) is 4.99 Å². The fourth-order valence-corrected chi connectivity index (χ4v) is 4.31. The highest BCUT2D eigenvalue weighted by Crippen LogP contribution is 2.30. The van der Waals surface area contributed by atoms with Gasteiger partial charge in [0.2, 0.25) is 5.88 Å². The first-order chi connectivity index (χ1) is 14.7. The van der Waals surface area contributed by atoms with Crippen molar-refractivity contribution in [1.82, 2.24) is 9.47 Å². The van der Waals surface area contributed by atoms with Gasteiger partial charge in [-0.1, -0.05) is 37.3 Å². The first kappa shape index (κ1) is 20.2. The van der Waals surface area contributed by atoms with Crippen molar-refractivity contribution in [3.05, 3.63) is 64.4 Å². The third kappa shape index (κ3) is 3.59. The van der Waals surface area contributed by atoms with E-state index in [-0.39, 0.29) is 11.4 Å². The van der Waals surface area contributed by atoms with Crippen molar-refractivity contribution >= 4 is 17.0 Å². The number of likely N-dealkylation sites (tertiary alicyclic amines) is 1. The van der Waals surface area contributed by atoms with Crippen LogP contribution in [0.25, 0.3) is 16.5 Å². The lowest BCUT2D eigenvalue weighted by Gasteiger charge is -2.20. The average molecular weight is 405 g/mol. The largest absolute Gasteiger partial charge is 0.495 e. The Labute approximate surface area is 176 Å². The number of para-hydroxylation sites is 2. The molecule has 30 heavy (non-hydrogen) atoms. The van der Waals surface area contributed by atoms with Gasteiger partial charge in [0, 0.05) is 23.0 Å². The molecule has 0 aliphatic carbocycles. The quantitative estimate of drug-likeness (QED) is 0.636. The third-order valence-corrected chi connectivity index (χ3v) is 5.87. The Bertz CT molecular complexity index is 1140. The van der Waals surface area contributed by atoms with Gasteiger partial charge in [0.25, 0.3) is 5.56 Å². The number of ether oxygens (including phenoxy) is 1. The molecule has 0 saturated carbocycles. The number of rotatable bonds is 6. The van der Waals surface area contributed by atoms with Gasteiger partial charge in [0.15, 0.2) is 0 Å². The predicted octanol–water partition coefficient (Wildman–Crippen LogP) is 3.61. The van der Waals surface area contributed by atoms with E-state index in [1.807, 2.05) is 30.3 Å². The number of hydrogen-bond acceptors (Lipinski definition) is 5. The zero-order chi connectivity index (χ0) is 21.1. The Morgan fingerprint density at radius 3 is 2.67 bits per heavy atom. The Morgan fingerprint density at radius 1 is 1.17 bits per heavy atom. The number of nitrogens with zero attached hydrogens (tertiary/aromatic N) is 3. The second-order valence-corrected chi connectivity index (χ2v) is 7.51. The molecule has 1 fully saturated rings. The molecule has 1 aliphatic rings. The number of pyridine rings is 1. The van der Waals surface area contributed by atoms with E-state index in [4.69, 9.17) is 4.74 Å². The van der Waals surface area contributed by atoms with Gasteiger partial charge in [-0.2, -0.15) is 0 Å².